The smallest absolute Gasteiger partial charge is 0.325 e. The third-order valence-corrected chi connectivity index (χ3v) is 2.32. The Hall–Kier alpha value is -1.39. The van der Waals surface area contributed by atoms with E-state index in [4.69, 9.17) is 9.47 Å². The molecule has 0 aliphatic rings. The van der Waals surface area contributed by atoms with Gasteiger partial charge in [0.15, 0.2) is 0 Å². The maximum Gasteiger partial charge on any atom is 0.325 e. The average molecular weight is 237 g/mol. The lowest BCUT2D eigenvalue weighted by Gasteiger charge is -2.14. The second-order valence-corrected chi connectivity index (χ2v) is 3.59. The van der Waals surface area contributed by atoms with Crippen LogP contribution in [-0.2, 0) is 20.9 Å². The molecular weight excluding hydrogens is 218 g/mol. The molecule has 1 N–H and O–H groups in total. The molecule has 1 rings (SSSR count). The molecule has 0 saturated heterocycles. The van der Waals surface area contributed by atoms with Gasteiger partial charge in [0.2, 0.25) is 0 Å². The number of hydrogen-bond acceptors (Lipinski definition) is 4. The highest BCUT2D eigenvalue weighted by molar-refractivity contribution is 5.75. The topological polar surface area (TPSA) is 47.6 Å². The zero-order valence-corrected chi connectivity index (χ0v) is 10.3. The van der Waals surface area contributed by atoms with E-state index in [1.807, 2.05) is 30.3 Å². The van der Waals surface area contributed by atoms with E-state index in [-0.39, 0.29) is 5.97 Å². The van der Waals surface area contributed by atoms with Crippen molar-refractivity contribution in [2.75, 3.05) is 20.3 Å². The summed E-state index contributed by atoms with van der Waals surface area (Å²) in [4.78, 5) is 11.5. The van der Waals surface area contributed by atoms with E-state index in [1.165, 1.54) is 0 Å². The molecule has 1 atom stereocenters. The summed E-state index contributed by atoms with van der Waals surface area (Å²) in [5.41, 5.74) is 1.09. The van der Waals surface area contributed by atoms with Crippen molar-refractivity contribution in [3.05, 3.63) is 35.9 Å². The predicted molar refractivity (Wildman–Crippen MR) is 65.6 cm³/mol. The minimum Gasteiger partial charge on any atom is -0.465 e. The first-order valence-electron chi connectivity index (χ1n) is 5.73. The number of hydrogen-bond donors (Lipinski definition) is 1. The Morgan fingerprint density at radius 2 is 2.06 bits per heavy atom. The predicted octanol–water partition coefficient (Wildman–Crippen LogP) is 1.35. The average Bonchev–Trinajstić information content (AvgIpc) is 2.36. The van der Waals surface area contributed by atoms with Gasteiger partial charge in [-0.15, -0.1) is 0 Å². The lowest BCUT2D eigenvalue weighted by molar-refractivity contribution is -0.147. The monoisotopic (exact) mass is 237 g/mol. The van der Waals surface area contributed by atoms with Crippen LogP contribution in [0.2, 0.25) is 0 Å². The van der Waals surface area contributed by atoms with Gasteiger partial charge < -0.3 is 14.8 Å². The van der Waals surface area contributed by atoms with Crippen LogP contribution >= 0.6 is 0 Å². The standard InChI is InChI=1S/C13H19NO3/c1-3-17-13(15)12(14-2)10-16-9-11-7-5-4-6-8-11/h4-8,12,14H,3,9-10H2,1-2H3. The van der Waals surface area contributed by atoms with E-state index in [2.05, 4.69) is 5.32 Å². The molecule has 0 amide bonds. The fourth-order valence-corrected chi connectivity index (χ4v) is 1.38. The first kappa shape index (κ1) is 13.7. The van der Waals surface area contributed by atoms with Crippen molar-refractivity contribution in [1.29, 1.82) is 0 Å². The summed E-state index contributed by atoms with van der Waals surface area (Å²) in [5, 5.41) is 2.87. The van der Waals surface area contributed by atoms with Crippen LogP contribution in [0.1, 0.15) is 12.5 Å². The van der Waals surface area contributed by atoms with Gasteiger partial charge in [0.1, 0.15) is 6.04 Å². The third-order valence-electron chi connectivity index (χ3n) is 2.32. The molecule has 1 aromatic carbocycles. The summed E-state index contributed by atoms with van der Waals surface area (Å²) in [7, 11) is 1.72. The van der Waals surface area contributed by atoms with E-state index >= 15 is 0 Å². The summed E-state index contributed by atoms with van der Waals surface area (Å²) in [6.07, 6.45) is 0. The van der Waals surface area contributed by atoms with Gasteiger partial charge in [-0.25, -0.2) is 0 Å². The molecule has 4 heteroatoms. The van der Waals surface area contributed by atoms with Gasteiger partial charge in [0, 0.05) is 0 Å². The number of benzene rings is 1. The lowest BCUT2D eigenvalue weighted by atomic mass is 10.2. The van der Waals surface area contributed by atoms with Crippen LogP contribution < -0.4 is 5.32 Å². The van der Waals surface area contributed by atoms with E-state index in [0.717, 1.165) is 5.56 Å². The number of nitrogens with one attached hydrogen (secondary N) is 1. The van der Waals surface area contributed by atoms with Gasteiger partial charge in [0.05, 0.1) is 19.8 Å². The maximum absolute atomic E-state index is 11.5. The van der Waals surface area contributed by atoms with Crippen LogP contribution in [0.15, 0.2) is 30.3 Å². The minimum absolute atomic E-state index is 0.275. The second kappa shape index (κ2) is 7.81. The van der Waals surface area contributed by atoms with Crippen molar-refractivity contribution in [3.8, 4) is 0 Å². The van der Waals surface area contributed by atoms with Crippen molar-refractivity contribution >= 4 is 5.97 Å². The maximum atomic E-state index is 11.5. The van der Waals surface area contributed by atoms with E-state index in [0.29, 0.717) is 19.8 Å². The molecule has 4 nitrogen and oxygen atoms in total. The van der Waals surface area contributed by atoms with Gasteiger partial charge in [-0.1, -0.05) is 30.3 Å². The number of carbonyl (C=O) groups excluding carboxylic acids is 1. The number of esters is 1. The molecule has 1 unspecified atom stereocenters. The molecular formula is C13H19NO3. The zero-order chi connectivity index (χ0) is 12.5. The summed E-state index contributed by atoms with van der Waals surface area (Å²) >= 11 is 0. The van der Waals surface area contributed by atoms with Crippen molar-refractivity contribution in [2.45, 2.75) is 19.6 Å². The van der Waals surface area contributed by atoms with Gasteiger partial charge in [0.25, 0.3) is 0 Å². The summed E-state index contributed by atoms with van der Waals surface area (Å²) in [6.45, 7) is 2.98. The van der Waals surface area contributed by atoms with Crippen LogP contribution in [0.25, 0.3) is 0 Å². The Kier molecular flexibility index (Phi) is 6.29. The Labute approximate surface area is 102 Å². The highest BCUT2D eigenvalue weighted by Gasteiger charge is 2.17. The number of carbonyl (C=O) groups is 1. The van der Waals surface area contributed by atoms with E-state index in [1.54, 1.807) is 14.0 Å². The zero-order valence-electron chi connectivity index (χ0n) is 10.3. The second-order valence-electron chi connectivity index (χ2n) is 3.59. The Bertz CT molecular complexity index is 327. The van der Waals surface area contributed by atoms with E-state index < -0.39 is 6.04 Å². The largest absolute Gasteiger partial charge is 0.465 e. The quantitative estimate of drug-likeness (QED) is 0.727. The molecule has 0 bridgehead atoms. The molecule has 17 heavy (non-hydrogen) atoms. The van der Waals surface area contributed by atoms with E-state index in [9.17, 15) is 4.79 Å². The highest BCUT2D eigenvalue weighted by atomic mass is 16.5. The number of likely N-dealkylation sites (N-methyl/N-ethyl adjacent to an activating group) is 1. The SMILES string of the molecule is CCOC(=O)C(COCc1ccccc1)NC. The highest BCUT2D eigenvalue weighted by Crippen LogP contribution is 2.01. The molecule has 1 aromatic rings. The number of ether oxygens (including phenoxy) is 2. The van der Waals surface area contributed by atoms with Crippen molar-refractivity contribution < 1.29 is 14.3 Å². The molecule has 94 valence electrons. The molecule has 0 aromatic heterocycles. The first-order chi connectivity index (χ1) is 8.27. The fourth-order valence-electron chi connectivity index (χ4n) is 1.38. The third kappa shape index (κ3) is 4.97. The van der Waals surface area contributed by atoms with Crippen LogP contribution in [0.3, 0.4) is 0 Å². The van der Waals surface area contributed by atoms with Gasteiger partial charge in [-0.3, -0.25) is 4.79 Å². The molecule has 0 aliphatic heterocycles. The Morgan fingerprint density at radius 1 is 1.35 bits per heavy atom. The molecule has 0 heterocycles. The minimum atomic E-state index is -0.404. The van der Waals surface area contributed by atoms with Crippen LogP contribution in [0, 0.1) is 0 Å². The normalized spacial score (nSPS) is 12.1. The summed E-state index contributed by atoms with van der Waals surface area (Å²) < 4.78 is 10.4. The van der Waals surface area contributed by atoms with Crippen molar-refractivity contribution in [1.82, 2.24) is 5.32 Å². The molecule has 0 spiro atoms. The fraction of sp³-hybridized carbons (Fsp3) is 0.462. The molecule has 0 aliphatic carbocycles. The van der Waals surface area contributed by atoms with Gasteiger partial charge in [-0.05, 0) is 19.5 Å². The van der Waals surface area contributed by atoms with Crippen LogP contribution in [-0.4, -0.2) is 32.3 Å². The Morgan fingerprint density at radius 3 is 2.65 bits per heavy atom. The first-order valence-corrected chi connectivity index (χ1v) is 5.73. The van der Waals surface area contributed by atoms with Crippen LogP contribution in [0.4, 0.5) is 0 Å². The summed E-state index contributed by atoms with van der Waals surface area (Å²) in [5.74, 6) is -0.275. The molecule has 0 radical (unpaired) electrons. The van der Waals surface area contributed by atoms with Gasteiger partial charge in [-0.2, -0.15) is 0 Å². The summed E-state index contributed by atoms with van der Waals surface area (Å²) in [6, 6.07) is 9.44. The van der Waals surface area contributed by atoms with Gasteiger partial charge >= 0.3 is 5.97 Å². The number of rotatable bonds is 7. The molecule has 0 saturated carbocycles. The lowest BCUT2D eigenvalue weighted by Crippen LogP contribution is -2.39. The van der Waals surface area contributed by atoms with Crippen LogP contribution in [0.5, 0.6) is 0 Å². The Balaban J connectivity index is 2.31. The van der Waals surface area contributed by atoms with Crippen molar-refractivity contribution in [3.63, 3.8) is 0 Å². The molecule has 0 fully saturated rings. The van der Waals surface area contributed by atoms with Crippen molar-refractivity contribution in [2.24, 2.45) is 0 Å².